The molecule has 5 atom stereocenters. The van der Waals surface area contributed by atoms with E-state index < -0.39 is 38.3 Å². The van der Waals surface area contributed by atoms with Gasteiger partial charge in [-0.3, -0.25) is 9.05 Å². The summed E-state index contributed by atoms with van der Waals surface area (Å²) in [5.74, 6) is 0.799. The lowest BCUT2D eigenvalue weighted by Gasteiger charge is -2.28. The Balaban J connectivity index is 1.18. The number of aliphatic hydroxyl groups is 1. The van der Waals surface area contributed by atoms with Gasteiger partial charge in [0.05, 0.1) is 57.0 Å². The largest absolute Gasteiger partial charge is 0.496 e. The van der Waals surface area contributed by atoms with Crippen molar-refractivity contribution in [1.82, 2.24) is 14.6 Å². The van der Waals surface area contributed by atoms with Crippen LogP contribution in [0.2, 0.25) is 0 Å². The predicted molar refractivity (Wildman–Crippen MR) is 219 cm³/mol. The molecule has 318 valence electrons. The average molecular weight is 816 g/mol. The minimum atomic E-state index is -4.62. The molecule has 0 aliphatic carbocycles. The molecule has 0 saturated carbocycles. The summed E-state index contributed by atoms with van der Waals surface area (Å²) in [6.07, 6.45) is 19.8. The highest BCUT2D eigenvalue weighted by molar-refractivity contribution is 7.47. The molecule has 1 aromatic carbocycles. The number of unbranched alkanes of at least 4 members (excludes halogenated alkanes) is 15. The van der Waals surface area contributed by atoms with Crippen molar-refractivity contribution >= 4 is 19.2 Å². The molecule has 2 aromatic heterocycles. The molecule has 1 aliphatic heterocycles. The van der Waals surface area contributed by atoms with Crippen LogP contribution in [-0.4, -0.2) is 75.9 Å². The molecule has 1 saturated heterocycles. The van der Waals surface area contributed by atoms with E-state index in [1.54, 1.807) is 41.8 Å². The molecule has 1 unspecified atom stereocenters. The third-order valence-corrected chi connectivity index (χ3v) is 11.6. The summed E-state index contributed by atoms with van der Waals surface area (Å²) in [4.78, 5) is 14.7. The van der Waals surface area contributed by atoms with E-state index in [-0.39, 0.29) is 26.2 Å². The number of nitriles is 1. The van der Waals surface area contributed by atoms with Crippen molar-refractivity contribution < 1.29 is 42.6 Å². The van der Waals surface area contributed by atoms with Gasteiger partial charge in [0.15, 0.2) is 5.82 Å². The molecule has 0 spiro atoms. The number of phosphoric ester groups is 1. The van der Waals surface area contributed by atoms with Crippen molar-refractivity contribution in [3.05, 3.63) is 53.5 Å². The van der Waals surface area contributed by atoms with E-state index in [0.717, 1.165) is 19.3 Å². The summed E-state index contributed by atoms with van der Waals surface area (Å²) in [7, 11) is -3.11. The number of nitrogens with two attached hydrogens (primary N) is 1. The summed E-state index contributed by atoms with van der Waals surface area (Å²) >= 11 is 0. The van der Waals surface area contributed by atoms with E-state index in [1.807, 2.05) is 0 Å². The number of fused-ring (bicyclic) bond motifs is 1. The number of hydrogen-bond acceptors (Lipinski definition) is 12. The minimum Gasteiger partial charge on any atom is -0.496 e. The summed E-state index contributed by atoms with van der Waals surface area (Å²) in [5, 5.41) is 24.5. The Hall–Kier alpha value is -3.12. The number of benzene rings is 1. The molecule has 4 rings (SSSR count). The number of nitrogen functional groups attached to an aromatic ring is 1. The van der Waals surface area contributed by atoms with Gasteiger partial charge < -0.3 is 34.7 Å². The van der Waals surface area contributed by atoms with Gasteiger partial charge in [-0.05, 0) is 37.6 Å². The second-order valence-electron chi connectivity index (χ2n) is 15.4. The Labute approximate surface area is 339 Å². The number of anilines is 1. The van der Waals surface area contributed by atoms with Crippen molar-refractivity contribution in [3.8, 4) is 11.8 Å². The van der Waals surface area contributed by atoms with Gasteiger partial charge in [0.1, 0.15) is 35.4 Å². The van der Waals surface area contributed by atoms with Crippen molar-refractivity contribution in [1.29, 1.82) is 5.26 Å². The van der Waals surface area contributed by atoms with Crippen LogP contribution >= 0.6 is 7.82 Å². The van der Waals surface area contributed by atoms with Gasteiger partial charge in [-0.25, -0.2) is 14.1 Å². The molecule has 14 nitrogen and oxygen atoms in total. The highest BCUT2D eigenvalue weighted by Gasteiger charge is 2.47. The quantitative estimate of drug-likeness (QED) is 0.0428. The Morgan fingerprint density at radius 1 is 0.982 bits per heavy atom. The number of ether oxygens (including phenoxy) is 4. The minimum absolute atomic E-state index is 0.0897. The van der Waals surface area contributed by atoms with Gasteiger partial charge in [-0.15, -0.1) is 0 Å². The first kappa shape index (κ1) is 46.6. The van der Waals surface area contributed by atoms with Gasteiger partial charge in [0.25, 0.3) is 0 Å². The molecule has 0 bridgehead atoms. The lowest BCUT2D eigenvalue weighted by molar-refractivity contribution is -0.101. The number of methoxy groups -OCH3 is 1. The first-order chi connectivity index (χ1) is 27.6. The Morgan fingerprint density at radius 3 is 2.26 bits per heavy atom. The Morgan fingerprint density at radius 2 is 1.63 bits per heavy atom. The number of nitrogens with zero attached hydrogens (tertiary/aromatic N) is 4. The van der Waals surface area contributed by atoms with E-state index in [1.165, 1.54) is 96.9 Å². The third-order valence-electron chi connectivity index (χ3n) is 10.7. The lowest BCUT2D eigenvalue weighted by Crippen LogP contribution is -2.40. The zero-order valence-corrected chi connectivity index (χ0v) is 35.2. The Kier molecular flexibility index (Phi) is 20.2. The smallest absolute Gasteiger partial charge is 0.472 e. The number of aliphatic hydroxyl groups excluding tert-OH is 1. The maximum absolute atomic E-state index is 13.1. The van der Waals surface area contributed by atoms with Gasteiger partial charge in [-0.1, -0.05) is 109 Å². The van der Waals surface area contributed by atoms with Crippen molar-refractivity contribution in [2.75, 3.05) is 39.3 Å². The van der Waals surface area contributed by atoms with E-state index >= 15 is 0 Å². The van der Waals surface area contributed by atoms with Crippen LogP contribution < -0.4 is 10.5 Å². The van der Waals surface area contributed by atoms with Crippen molar-refractivity contribution in [2.45, 2.75) is 154 Å². The zero-order valence-electron chi connectivity index (χ0n) is 34.3. The normalized spacial score (nSPS) is 19.8. The van der Waals surface area contributed by atoms with Crippen molar-refractivity contribution in [2.24, 2.45) is 0 Å². The number of hydrogen-bond donors (Lipinski definition) is 3. The molecular formula is C42H66N5O9P. The second-order valence-corrected chi connectivity index (χ2v) is 16.8. The molecule has 57 heavy (non-hydrogen) atoms. The van der Waals surface area contributed by atoms with Crippen LogP contribution in [0.15, 0.2) is 36.7 Å². The molecule has 1 aliphatic rings. The standard InChI is InChI=1S/C42H66N5O9P/c1-4-5-6-7-8-9-10-11-12-13-14-15-16-17-18-19-24-52-29-35(53-28-34-21-20-33(27-43)25-38(34)51-3)30-54-57(49,50)55-31-42(2)40(48)26-39(56-42)36-22-23-37-41(44)45-32-46-47(36)37/h20-23,25,32,35,39-40,48H,4-19,24,26,28-31H2,1-3H3,(H,49,50)(H2,44,45,46)/t35-,39+,40-,42+/m0/s1. The summed E-state index contributed by atoms with van der Waals surface area (Å²) in [6, 6.07) is 10.7. The molecule has 0 radical (unpaired) electrons. The summed E-state index contributed by atoms with van der Waals surface area (Å²) < 4.78 is 49.2. The van der Waals surface area contributed by atoms with Gasteiger partial charge >= 0.3 is 7.82 Å². The van der Waals surface area contributed by atoms with Gasteiger partial charge in [0.2, 0.25) is 0 Å². The van der Waals surface area contributed by atoms with E-state index in [0.29, 0.717) is 40.5 Å². The fraction of sp³-hybridized carbons (Fsp3) is 0.690. The molecule has 1 fully saturated rings. The van der Waals surface area contributed by atoms with Crippen LogP contribution in [0.25, 0.3) is 5.52 Å². The van der Waals surface area contributed by atoms with Crippen molar-refractivity contribution in [3.63, 3.8) is 0 Å². The first-order valence-electron chi connectivity index (χ1n) is 20.9. The molecule has 15 heteroatoms. The first-order valence-corrected chi connectivity index (χ1v) is 22.4. The molecule has 4 N–H and O–H groups in total. The van der Waals surface area contributed by atoms with Crippen LogP contribution in [0.1, 0.15) is 146 Å². The average Bonchev–Trinajstić information content (AvgIpc) is 3.78. The number of aromatic nitrogens is 3. The zero-order chi connectivity index (χ0) is 40.9. The number of phosphoric acid groups is 1. The van der Waals surface area contributed by atoms with Crippen LogP contribution in [-0.2, 0) is 34.4 Å². The highest BCUT2D eigenvalue weighted by Crippen LogP contribution is 2.47. The molecule has 3 aromatic rings. The monoisotopic (exact) mass is 815 g/mol. The fourth-order valence-corrected chi connectivity index (χ4v) is 7.96. The predicted octanol–water partition coefficient (Wildman–Crippen LogP) is 8.77. The van der Waals surface area contributed by atoms with Gasteiger partial charge in [0, 0.05) is 18.6 Å². The fourth-order valence-electron chi connectivity index (χ4n) is 7.11. The van der Waals surface area contributed by atoms with Crippen LogP contribution in [0.3, 0.4) is 0 Å². The van der Waals surface area contributed by atoms with Crippen LogP contribution in [0.4, 0.5) is 5.82 Å². The maximum Gasteiger partial charge on any atom is 0.472 e. The van der Waals surface area contributed by atoms with E-state index in [9.17, 15) is 19.8 Å². The third kappa shape index (κ3) is 15.5. The second kappa shape index (κ2) is 24.7. The lowest BCUT2D eigenvalue weighted by atomic mass is 9.99. The topological polar surface area (TPSA) is 193 Å². The maximum atomic E-state index is 13.1. The summed E-state index contributed by atoms with van der Waals surface area (Å²) in [6.45, 7) is 3.90. The molecule has 3 heterocycles. The number of rotatable bonds is 30. The van der Waals surface area contributed by atoms with Crippen LogP contribution in [0, 0.1) is 11.3 Å². The SMILES string of the molecule is CCCCCCCCCCCCCCCCCCOC[C@@H](COP(=O)(O)OC[C@@]1(C)O[C@@H](c2ccc3c(N)ncnn23)C[C@@H]1O)OCc1ccc(C#N)cc1OC. The van der Waals surface area contributed by atoms with Crippen LogP contribution in [0.5, 0.6) is 5.75 Å². The molecule has 0 amide bonds. The summed E-state index contributed by atoms with van der Waals surface area (Å²) in [5.41, 5.74) is 7.07. The van der Waals surface area contributed by atoms with Gasteiger partial charge in [-0.2, -0.15) is 10.4 Å². The molecular weight excluding hydrogens is 749 g/mol. The van der Waals surface area contributed by atoms with E-state index in [4.69, 9.17) is 33.7 Å². The van der Waals surface area contributed by atoms with E-state index in [2.05, 4.69) is 23.1 Å². The highest BCUT2D eigenvalue weighted by atomic mass is 31.2. The Bertz CT molecular complexity index is 1700.